The normalized spacial score (nSPS) is 11.0. The molecule has 0 spiro atoms. The minimum Gasteiger partial charge on any atom is -0.467 e. The summed E-state index contributed by atoms with van der Waals surface area (Å²) < 4.78 is 12.6. The molecule has 0 aromatic carbocycles. The minimum atomic E-state index is 0.0157. The van der Waals surface area contributed by atoms with E-state index in [1.807, 2.05) is 45.2 Å². The fourth-order valence-electron chi connectivity index (χ4n) is 2.75. The number of amides is 1. The van der Waals surface area contributed by atoms with Crippen molar-refractivity contribution in [1.29, 1.82) is 0 Å². The van der Waals surface area contributed by atoms with Crippen LogP contribution in [0, 0.1) is 13.8 Å². The number of carbonyl (C=O) groups excluding carboxylic acids is 1. The van der Waals surface area contributed by atoms with Gasteiger partial charge in [-0.2, -0.15) is 5.10 Å². The molecule has 126 valence electrons. The van der Waals surface area contributed by atoms with Crippen molar-refractivity contribution in [2.24, 2.45) is 7.05 Å². The maximum Gasteiger partial charge on any atom is 0.227 e. The number of rotatable bonds is 6. The zero-order valence-corrected chi connectivity index (χ0v) is 14.2. The highest BCUT2D eigenvalue weighted by atomic mass is 16.3. The Morgan fingerprint density at radius 3 is 2.12 bits per heavy atom. The van der Waals surface area contributed by atoms with Gasteiger partial charge in [-0.3, -0.25) is 9.48 Å². The van der Waals surface area contributed by atoms with Crippen molar-refractivity contribution in [3.63, 3.8) is 0 Å². The van der Waals surface area contributed by atoms with E-state index in [9.17, 15) is 4.79 Å². The van der Waals surface area contributed by atoms with Crippen LogP contribution in [0.25, 0.3) is 0 Å². The summed E-state index contributed by atoms with van der Waals surface area (Å²) in [4.78, 5) is 14.6. The van der Waals surface area contributed by atoms with Crippen LogP contribution in [-0.4, -0.2) is 20.6 Å². The van der Waals surface area contributed by atoms with Crippen LogP contribution in [-0.2, 0) is 31.4 Å². The second-order valence-corrected chi connectivity index (χ2v) is 5.86. The van der Waals surface area contributed by atoms with Crippen LogP contribution in [0.1, 0.15) is 28.5 Å². The Hall–Kier alpha value is -2.76. The molecule has 3 aromatic heterocycles. The quantitative estimate of drug-likeness (QED) is 0.698. The van der Waals surface area contributed by atoms with Gasteiger partial charge in [0.15, 0.2) is 0 Å². The second kappa shape index (κ2) is 6.78. The first-order chi connectivity index (χ1) is 11.5. The molecule has 0 aliphatic rings. The van der Waals surface area contributed by atoms with E-state index >= 15 is 0 Å². The van der Waals surface area contributed by atoms with Gasteiger partial charge in [-0.25, -0.2) is 0 Å². The third-order valence-corrected chi connectivity index (χ3v) is 4.19. The molecule has 0 aliphatic heterocycles. The van der Waals surface area contributed by atoms with Crippen molar-refractivity contribution in [3.8, 4) is 0 Å². The van der Waals surface area contributed by atoms with E-state index in [2.05, 4.69) is 5.10 Å². The number of hydrogen-bond acceptors (Lipinski definition) is 4. The van der Waals surface area contributed by atoms with Gasteiger partial charge in [0.1, 0.15) is 11.5 Å². The van der Waals surface area contributed by atoms with Crippen LogP contribution in [0.4, 0.5) is 0 Å². The van der Waals surface area contributed by atoms with Gasteiger partial charge in [-0.15, -0.1) is 0 Å². The van der Waals surface area contributed by atoms with E-state index < -0.39 is 0 Å². The van der Waals surface area contributed by atoms with Gasteiger partial charge in [0.25, 0.3) is 0 Å². The van der Waals surface area contributed by atoms with Gasteiger partial charge in [0, 0.05) is 18.3 Å². The molecule has 6 heteroatoms. The van der Waals surface area contributed by atoms with E-state index in [0.29, 0.717) is 19.5 Å². The van der Waals surface area contributed by atoms with Gasteiger partial charge in [0.2, 0.25) is 5.91 Å². The highest BCUT2D eigenvalue weighted by molar-refractivity contribution is 5.79. The molecule has 3 rings (SSSR count). The Balaban J connectivity index is 1.79. The average molecular weight is 327 g/mol. The van der Waals surface area contributed by atoms with Gasteiger partial charge in [-0.1, -0.05) is 0 Å². The monoisotopic (exact) mass is 327 g/mol. The van der Waals surface area contributed by atoms with Crippen molar-refractivity contribution < 1.29 is 13.6 Å². The SMILES string of the molecule is Cc1nn(C)c(C)c1CC(=O)N(Cc1ccco1)Cc1ccco1. The first-order valence-corrected chi connectivity index (χ1v) is 7.86. The highest BCUT2D eigenvalue weighted by Crippen LogP contribution is 2.17. The lowest BCUT2D eigenvalue weighted by atomic mass is 10.1. The van der Waals surface area contributed by atoms with Crippen molar-refractivity contribution in [2.75, 3.05) is 0 Å². The molecular weight excluding hydrogens is 306 g/mol. The fraction of sp³-hybridized carbons (Fsp3) is 0.333. The molecule has 0 N–H and O–H groups in total. The number of aryl methyl sites for hydroxylation is 2. The van der Waals surface area contributed by atoms with Crippen LogP contribution in [0.3, 0.4) is 0 Å². The summed E-state index contributed by atoms with van der Waals surface area (Å²) in [6.45, 7) is 4.72. The van der Waals surface area contributed by atoms with Gasteiger partial charge in [-0.05, 0) is 38.1 Å². The van der Waals surface area contributed by atoms with Crippen molar-refractivity contribution in [2.45, 2.75) is 33.4 Å². The van der Waals surface area contributed by atoms with E-state index in [4.69, 9.17) is 8.83 Å². The number of aromatic nitrogens is 2. The summed E-state index contributed by atoms with van der Waals surface area (Å²) >= 11 is 0. The predicted octanol–water partition coefficient (Wildman–Crippen LogP) is 2.99. The molecular formula is C18H21N3O3. The summed E-state index contributed by atoms with van der Waals surface area (Å²) in [5, 5.41) is 4.38. The summed E-state index contributed by atoms with van der Waals surface area (Å²) in [6.07, 6.45) is 3.54. The Kier molecular flexibility index (Phi) is 4.55. The molecule has 0 radical (unpaired) electrons. The summed E-state index contributed by atoms with van der Waals surface area (Å²) in [5.74, 6) is 1.51. The van der Waals surface area contributed by atoms with Crippen LogP contribution in [0.2, 0.25) is 0 Å². The van der Waals surface area contributed by atoms with Crippen molar-refractivity contribution in [3.05, 3.63) is 65.3 Å². The van der Waals surface area contributed by atoms with E-state index in [1.165, 1.54) is 0 Å². The van der Waals surface area contributed by atoms with E-state index in [0.717, 1.165) is 28.5 Å². The number of nitrogens with zero attached hydrogens (tertiary/aromatic N) is 3. The second-order valence-electron chi connectivity index (χ2n) is 5.86. The molecule has 3 heterocycles. The molecule has 6 nitrogen and oxygen atoms in total. The van der Waals surface area contributed by atoms with Gasteiger partial charge in [0.05, 0.1) is 37.7 Å². The Morgan fingerprint density at radius 1 is 1.12 bits per heavy atom. The third kappa shape index (κ3) is 3.42. The Labute approximate surface area is 140 Å². The lowest BCUT2D eigenvalue weighted by Gasteiger charge is -2.21. The standard InChI is InChI=1S/C18H21N3O3/c1-13-17(14(2)20(3)19-13)10-18(22)21(11-15-6-4-8-23-15)12-16-7-5-9-24-16/h4-9H,10-12H2,1-3H3. The molecule has 0 saturated carbocycles. The maximum absolute atomic E-state index is 12.9. The van der Waals surface area contributed by atoms with Gasteiger partial charge < -0.3 is 13.7 Å². The number of carbonyl (C=O) groups is 1. The van der Waals surface area contributed by atoms with Crippen LogP contribution in [0.15, 0.2) is 45.6 Å². The molecule has 0 atom stereocenters. The van der Waals surface area contributed by atoms with Crippen molar-refractivity contribution in [1.82, 2.24) is 14.7 Å². The highest BCUT2D eigenvalue weighted by Gasteiger charge is 2.21. The molecule has 24 heavy (non-hydrogen) atoms. The predicted molar refractivity (Wildman–Crippen MR) is 88.1 cm³/mol. The molecule has 3 aromatic rings. The summed E-state index contributed by atoms with van der Waals surface area (Å²) in [6, 6.07) is 7.37. The zero-order valence-electron chi connectivity index (χ0n) is 14.2. The van der Waals surface area contributed by atoms with Crippen LogP contribution >= 0.6 is 0 Å². The van der Waals surface area contributed by atoms with Gasteiger partial charge >= 0.3 is 0 Å². The number of furan rings is 2. The Morgan fingerprint density at radius 2 is 1.71 bits per heavy atom. The lowest BCUT2D eigenvalue weighted by molar-refractivity contribution is -0.132. The molecule has 0 unspecified atom stereocenters. The topological polar surface area (TPSA) is 64.4 Å². The Bertz CT molecular complexity index is 765. The molecule has 1 amide bonds. The summed E-state index contributed by atoms with van der Waals surface area (Å²) in [7, 11) is 1.89. The maximum atomic E-state index is 12.9. The van der Waals surface area contributed by atoms with E-state index in [-0.39, 0.29) is 5.91 Å². The largest absolute Gasteiger partial charge is 0.467 e. The third-order valence-electron chi connectivity index (χ3n) is 4.19. The lowest BCUT2D eigenvalue weighted by Crippen LogP contribution is -2.31. The molecule has 0 bridgehead atoms. The fourth-order valence-corrected chi connectivity index (χ4v) is 2.75. The zero-order chi connectivity index (χ0) is 17.1. The van der Waals surface area contributed by atoms with E-state index in [1.54, 1.807) is 22.1 Å². The summed E-state index contributed by atoms with van der Waals surface area (Å²) in [5.41, 5.74) is 2.88. The smallest absolute Gasteiger partial charge is 0.227 e. The first kappa shape index (κ1) is 16.1. The molecule has 0 aliphatic carbocycles. The molecule has 0 fully saturated rings. The average Bonchev–Trinajstić information content (AvgIpc) is 3.27. The number of hydrogen-bond donors (Lipinski definition) is 0. The minimum absolute atomic E-state index is 0.0157. The van der Waals surface area contributed by atoms with Crippen LogP contribution < -0.4 is 0 Å². The van der Waals surface area contributed by atoms with Crippen LogP contribution in [0.5, 0.6) is 0 Å². The van der Waals surface area contributed by atoms with Crippen molar-refractivity contribution >= 4 is 5.91 Å². The first-order valence-electron chi connectivity index (χ1n) is 7.86. The molecule has 0 saturated heterocycles.